The third-order valence-corrected chi connectivity index (χ3v) is 5.67. The molecule has 0 aliphatic rings. The van der Waals surface area contributed by atoms with Crippen LogP contribution in [0, 0.1) is 20.8 Å². The fourth-order valence-electron chi connectivity index (χ4n) is 2.92. The topological polar surface area (TPSA) is 71.4 Å². The number of carbonyl (C=O) groups is 1. The van der Waals surface area contributed by atoms with Crippen molar-refractivity contribution in [3.05, 3.63) is 58.1 Å². The molecule has 23 heavy (non-hydrogen) atoms. The lowest BCUT2D eigenvalue weighted by atomic mass is 9.92. The number of ketones is 1. The predicted octanol–water partition coefficient (Wildman–Crippen LogP) is 3.49. The Morgan fingerprint density at radius 2 is 1.61 bits per heavy atom. The summed E-state index contributed by atoms with van der Waals surface area (Å²) in [7, 11) is -3.55. The molecular weight excluding hydrogens is 312 g/mol. The summed E-state index contributed by atoms with van der Waals surface area (Å²) in [4.78, 5) is 12.0. The van der Waals surface area contributed by atoms with E-state index in [9.17, 15) is 18.3 Å². The van der Waals surface area contributed by atoms with Crippen LogP contribution in [0.4, 0.5) is 0 Å². The molecular formula is C18H20O4S. The number of phenolic OH excluding ortho intramolecular Hbond substituents is 1. The van der Waals surface area contributed by atoms with Crippen molar-refractivity contribution in [3.8, 4) is 5.75 Å². The predicted molar refractivity (Wildman–Crippen MR) is 89.7 cm³/mol. The molecule has 0 heterocycles. The van der Waals surface area contributed by atoms with Gasteiger partial charge < -0.3 is 5.11 Å². The third kappa shape index (κ3) is 3.45. The highest BCUT2D eigenvalue weighted by molar-refractivity contribution is 7.90. The van der Waals surface area contributed by atoms with Gasteiger partial charge in [-0.3, -0.25) is 4.79 Å². The normalized spacial score (nSPS) is 11.5. The molecule has 2 aromatic rings. The minimum Gasteiger partial charge on any atom is -0.508 e. The first kappa shape index (κ1) is 17.2. The number of hydrogen-bond acceptors (Lipinski definition) is 4. The Morgan fingerprint density at radius 1 is 1.04 bits per heavy atom. The van der Waals surface area contributed by atoms with Crippen molar-refractivity contribution >= 4 is 15.6 Å². The molecule has 0 unspecified atom stereocenters. The molecule has 1 N–H and O–H groups in total. The maximum atomic E-state index is 12.6. The Labute approximate surface area is 136 Å². The highest BCUT2D eigenvalue weighted by Crippen LogP contribution is 2.27. The molecule has 0 bridgehead atoms. The van der Waals surface area contributed by atoms with E-state index in [0.717, 1.165) is 16.7 Å². The maximum absolute atomic E-state index is 12.6. The Kier molecular flexibility index (Phi) is 4.61. The number of rotatable bonds is 4. The Balaban J connectivity index is 2.53. The molecule has 0 aliphatic heterocycles. The molecule has 0 amide bonds. The number of sulfone groups is 1. The number of carbonyl (C=O) groups excluding carboxylic acids is 1. The van der Waals surface area contributed by atoms with Gasteiger partial charge in [-0.05, 0) is 74.2 Å². The summed E-state index contributed by atoms with van der Waals surface area (Å²) in [5, 5.41) is 9.30. The molecule has 0 spiro atoms. The molecule has 0 saturated carbocycles. The summed E-state index contributed by atoms with van der Waals surface area (Å²) in [6.07, 6.45) is 0. The van der Waals surface area contributed by atoms with Crippen molar-refractivity contribution < 1.29 is 18.3 Å². The van der Waals surface area contributed by atoms with Crippen LogP contribution in [-0.2, 0) is 15.6 Å². The second kappa shape index (κ2) is 6.16. The monoisotopic (exact) mass is 332 g/mol. The van der Waals surface area contributed by atoms with Crippen molar-refractivity contribution in [2.24, 2.45) is 0 Å². The van der Waals surface area contributed by atoms with E-state index in [1.807, 2.05) is 19.9 Å². The lowest BCUT2D eigenvalue weighted by Gasteiger charge is -2.16. The number of phenols is 1. The molecule has 2 rings (SSSR count). The first-order valence-corrected chi connectivity index (χ1v) is 8.91. The molecule has 122 valence electrons. The summed E-state index contributed by atoms with van der Waals surface area (Å²) < 4.78 is 25.2. The SMILES string of the molecule is CC(=O)c1c(C)cc(C)c(CS(=O)(=O)c2ccc(O)cc2)c1C. The van der Waals surface area contributed by atoms with Crippen LogP contribution in [0.25, 0.3) is 0 Å². The molecule has 5 heteroatoms. The van der Waals surface area contributed by atoms with Crippen molar-refractivity contribution in [3.63, 3.8) is 0 Å². The van der Waals surface area contributed by atoms with Crippen LogP contribution < -0.4 is 0 Å². The van der Waals surface area contributed by atoms with E-state index < -0.39 is 9.84 Å². The Hall–Kier alpha value is -2.14. The molecule has 2 aromatic carbocycles. The zero-order valence-corrected chi connectivity index (χ0v) is 14.5. The molecule has 0 aliphatic carbocycles. The average Bonchev–Trinajstić information content (AvgIpc) is 2.43. The fourth-order valence-corrected chi connectivity index (χ4v) is 4.46. The fraction of sp³-hybridized carbons (Fsp3) is 0.278. The van der Waals surface area contributed by atoms with E-state index in [1.54, 1.807) is 6.92 Å². The first-order valence-electron chi connectivity index (χ1n) is 7.26. The smallest absolute Gasteiger partial charge is 0.182 e. The summed E-state index contributed by atoms with van der Waals surface area (Å²) in [6.45, 7) is 6.99. The molecule has 0 radical (unpaired) electrons. The number of benzene rings is 2. The van der Waals surface area contributed by atoms with E-state index in [-0.39, 0.29) is 22.2 Å². The van der Waals surface area contributed by atoms with Gasteiger partial charge in [-0.25, -0.2) is 8.42 Å². The van der Waals surface area contributed by atoms with Gasteiger partial charge in [0.1, 0.15) is 5.75 Å². The van der Waals surface area contributed by atoms with E-state index in [0.29, 0.717) is 11.1 Å². The van der Waals surface area contributed by atoms with E-state index in [4.69, 9.17) is 0 Å². The Morgan fingerprint density at radius 3 is 2.13 bits per heavy atom. The van der Waals surface area contributed by atoms with Crippen LogP contribution in [0.5, 0.6) is 5.75 Å². The van der Waals surface area contributed by atoms with Crippen molar-refractivity contribution in [2.45, 2.75) is 38.3 Å². The van der Waals surface area contributed by atoms with Gasteiger partial charge in [-0.2, -0.15) is 0 Å². The third-order valence-electron chi connectivity index (χ3n) is 4.01. The van der Waals surface area contributed by atoms with Crippen LogP contribution in [0.2, 0.25) is 0 Å². The van der Waals surface area contributed by atoms with Gasteiger partial charge in [0.2, 0.25) is 0 Å². The largest absolute Gasteiger partial charge is 0.508 e. The molecule has 4 nitrogen and oxygen atoms in total. The van der Waals surface area contributed by atoms with Gasteiger partial charge in [0.25, 0.3) is 0 Å². The maximum Gasteiger partial charge on any atom is 0.182 e. The van der Waals surface area contributed by atoms with Gasteiger partial charge in [0, 0.05) is 5.56 Å². The highest BCUT2D eigenvalue weighted by atomic mass is 32.2. The van der Waals surface area contributed by atoms with Gasteiger partial charge in [-0.1, -0.05) is 6.07 Å². The van der Waals surface area contributed by atoms with Crippen LogP contribution in [0.3, 0.4) is 0 Å². The van der Waals surface area contributed by atoms with Crippen LogP contribution in [0.1, 0.15) is 39.5 Å². The molecule has 0 fully saturated rings. The number of aryl methyl sites for hydroxylation is 2. The van der Waals surface area contributed by atoms with E-state index >= 15 is 0 Å². The Bertz CT molecular complexity index is 863. The second-order valence-electron chi connectivity index (χ2n) is 5.80. The van der Waals surface area contributed by atoms with E-state index in [2.05, 4.69) is 0 Å². The average molecular weight is 332 g/mol. The van der Waals surface area contributed by atoms with Crippen LogP contribution >= 0.6 is 0 Å². The quantitative estimate of drug-likeness (QED) is 0.870. The zero-order chi connectivity index (χ0) is 17.4. The molecule has 0 atom stereocenters. The van der Waals surface area contributed by atoms with Gasteiger partial charge in [0.05, 0.1) is 10.6 Å². The van der Waals surface area contributed by atoms with Gasteiger partial charge in [-0.15, -0.1) is 0 Å². The van der Waals surface area contributed by atoms with Crippen molar-refractivity contribution in [1.29, 1.82) is 0 Å². The highest BCUT2D eigenvalue weighted by Gasteiger charge is 2.21. The summed E-state index contributed by atoms with van der Waals surface area (Å²) in [5.74, 6) is -0.218. The van der Waals surface area contributed by atoms with Crippen molar-refractivity contribution in [1.82, 2.24) is 0 Å². The summed E-state index contributed by atoms with van der Waals surface area (Å²) >= 11 is 0. The molecule has 0 aromatic heterocycles. The van der Waals surface area contributed by atoms with Gasteiger partial charge in [0.15, 0.2) is 15.6 Å². The number of hydrogen-bond donors (Lipinski definition) is 1. The van der Waals surface area contributed by atoms with E-state index in [1.165, 1.54) is 31.2 Å². The first-order chi connectivity index (χ1) is 10.6. The van der Waals surface area contributed by atoms with Gasteiger partial charge >= 0.3 is 0 Å². The van der Waals surface area contributed by atoms with Crippen LogP contribution in [-0.4, -0.2) is 19.3 Å². The zero-order valence-electron chi connectivity index (χ0n) is 13.7. The summed E-state index contributed by atoms with van der Waals surface area (Å²) in [6, 6.07) is 7.32. The second-order valence-corrected chi connectivity index (χ2v) is 7.79. The minimum atomic E-state index is -3.55. The number of Topliss-reactive ketones (excluding diaryl/α,β-unsaturated/α-hetero) is 1. The summed E-state index contributed by atoms with van der Waals surface area (Å²) in [5.41, 5.74) is 3.68. The lowest BCUT2D eigenvalue weighted by molar-refractivity contribution is 0.101. The lowest BCUT2D eigenvalue weighted by Crippen LogP contribution is -2.11. The minimum absolute atomic E-state index is 0.0190. The standard InChI is InChI=1S/C18H20O4S/c1-11-9-12(2)18(14(4)19)13(3)17(11)10-23(21,22)16-7-5-15(20)6-8-16/h5-9,20H,10H2,1-4H3. The van der Waals surface area contributed by atoms with Crippen molar-refractivity contribution in [2.75, 3.05) is 0 Å². The molecule has 0 saturated heterocycles. The van der Waals surface area contributed by atoms with Crippen LogP contribution in [0.15, 0.2) is 35.2 Å². The number of aromatic hydroxyl groups is 1.